The summed E-state index contributed by atoms with van der Waals surface area (Å²) < 4.78 is 21.9. The number of carbonyl (C=O) groups is 2. The predicted octanol–water partition coefficient (Wildman–Crippen LogP) is 0.0573. The maximum atomic E-state index is 11.8. The van der Waals surface area contributed by atoms with Gasteiger partial charge in [0.05, 0.1) is 12.1 Å². The molecule has 1 heterocycles. The lowest BCUT2D eigenvalue weighted by Crippen LogP contribution is -2.37. The maximum absolute atomic E-state index is 11.8. The molecule has 0 spiro atoms. The van der Waals surface area contributed by atoms with Gasteiger partial charge in [-0.2, -0.15) is 4.99 Å². The van der Waals surface area contributed by atoms with Gasteiger partial charge >= 0.3 is 0 Å². The number of ketones is 1. The number of guanidine groups is 1. The predicted molar refractivity (Wildman–Crippen MR) is 63.5 cm³/mol. The van der Waals surface area contributed by atoms with E-state index in [0.29, 0.717) is 4.90 Å². The molecule has 0 saturated carbocycles. The maximum Gasteiger partial charge on any atom is 0.281 e. The molecule has 17 heavy (non-hydrogen) atoms. The van der Waals surface area contributed by atoms with E-state index in [0.717, 1.165) is 0 Å². The van der Waals surface area contributed by atoms with Gasteiger partial charge in [0.1, 0.15) is 5.78 Å². The first-order chi connectivity index (χ1) is 9.21. The molecule has 0 aliphatic carbocycles. The minimum absolute atomic E-state index is 0.170. The molecule has 1 amide bonds. The quantitative estimate of drug-likeness (QED) is 0.593. The van der Waals surface area contributed by atoms with Crippen molar-refractivity contribution in [2.45, 2.75) is 6.92 Å². The molecule has 6 heteroatoms. The Balaban J connectivity index is 3.00. The molecule has 0 aliphatic rings. The number of amides is 1. The molecule has 6 nitrogen and oxygen atoms in total. The second-order valence-corrected chi connectivity index (χ2v) is 3.31. The zero-order valence-electron chi connectivity index (χ0n) is 12.3. The smallest absolute Gasteiger partial charge is 0.281 e. The van der Waals surface area contributed by atoms with Crippen molar-refractivity contribution < 1.29 is 13.7 Å². The molecule has 0 saturated heterocycles. The molecule has 0 fully saturated rings. The van der Waals surface area contributed by atoms with E-state index in [2.05, 4.69) is 9.98 Å². The van der Waals surface area contributed by atoms with Crippen LogP contribution in [-0.4, -0.2) is 41.1 Å². The van der Waals surface area contributed by atoms with Crippen LogP contribution in [-0.2, 0) is 4.79 Å². The van der Waals surface area contributed by atoms with E-state index in [9.17, 15) is 9.59 Å². The van der Waals surface area contributed by atoms with Crippen LogP contribution < -0.4 is 5.73 Å². The monoisotopic (exact) mass is 237 g/mol. The molecule has 0 bridgehead atoms. The normalized spacial score (nSPS) is 14.4. The molecular weight excluding hydrogens is 220 g/mol. The highest BCUT2D eigenvalue weighted by atomic mass is 16.1. The van der Waals surface area contributed by atoms with Crippen LogP contribution in [0, 0.1) is 0 Å². The Bertz CT molecular complexity index is 528. The van der Waals surface area contributed by atoms with Crippen molar-refractivity contribution in [1.82, 2.24) is 9.88 Å². The van der Waals surface area contributed by atoms with E-state index in [1.54, 1.807) is 0 Å². The molecule has 1 rings (SSSR count). The number of rotatable bonds is 3. The number of likely N-dealkylation sites (N-methyl/N-ethyl adjacent to an activating group) is 1. The number of aromatic nitrogens is 1. The summed E-state index contributed by atoms with van der Waals surface area (Å²) in [6.07, 6.45) is 2.76. The summed E-state index contributed by atoms with van der Waals surface area (Å²) in [6.45, 7) is -1.89. The Morgan fingerprint density at radius 2 is 2.41 bits per heavy atom. The van der Waals surface area contributed by atoms with E-state index in [4.69, 9.17) is 9.85 Å². The minimum Gasteiger partial charge on any atom is -0.369 e. The van der Waals surface area contributed by atoms with E-state index in [1.807, 2.05) is 0 Å². The summed E-state index contributed by atoms with van der Waals surface area (Å²) in [5.74, 6) is -1.67. The highest BCUT2D eigenvalue weighted by Crippen LogP contribution is 1.98. The number of hydrogen-bond acceptors (Lipinski definition) is 3. The van der Waals surface area contributed by atoms with Crippen molar-refractivity contribution >= 4 is 17.6 Å². The molecule has 1 aromatic heterocycles. The standard InChI is InChI=1S/C11H14N4O2/c1-8(16)7-15(2)11(12)14-10(17)9-4-3-5-13-6-9/h3-6H,7H2,1-2H3,(H2,12,14,17)/i2D3. The van der Waals surface area contributed by atoms with Crippen molar-refractivity contribution in [2.24, 2.45) is 10.7 Å². The van der Waals surface area contributed by atoms with Crippen LogP contribution in [0.1, 0.15) is 21.4 Å². The van der Waals surface area contributed by atoms with E-state index < -0.39 is 31.2 Å². The van der Waals surface area contributed by atoms with E-state index in [-0.39, 0.29) is 5.56 Å². The summed E-state index contributed by atoms with van der Waals surface area (Å²) >= 11 is 0. The number of nitrogens with two attached hydrogens (primary N) is 1. The molecule has 2 N–H and O–H groups in total. The SMILES string of the molecule is [2H]C([2H])([2H])N(CC(C)=O)C(N)=NC(=O)c1cccnc1. The first-order valence-electron chi connectivity index (χ1n) is 6.27. The summed E-state index contributed by atoms with van der Waals surface area (Å²) in [5, 5.41) is 0. The molecule has 0 atom stereocenters. The van der Waals surface area contributed by atoms with Crippen LogP contribution in [0.5, 0.6) is 0 Å². The lowest BCUT2D eigenvalue weighted by atomic mass is 10.3. The average molecular weight is 237 g/mol. The molecule has 90 valence electrons. The Kier molecular flexibility index (Phi) is 2.99. The molecule has 0 radical (unpaired) electrons. The number of Topliss-reactive ketones (excluding diaryl/α,β-unsaturated/α-hetero) is 1. The van der Waals surface area contributed by atoms with Crippen LogP contribution in [0.25, 0.3) is 0 Å². The highest BCUT2D eigenvalue weighted by Gasteiger charge is 2.08. The Hall–Kier alpha value is -2.24. The van der Waals surface area contributed by atoms with Gasteiger partial charge < -0.3 is 10.6 Å². The fraction of sp³-hybridized carbons (Fsp3) is 0.273. The fourth-order valence-electron chi connectivity index (χ4n) is 1.02. The van der Waals surface area contributed by atoms with Gasteiger partial charge in [-0.25, -0.2) is 0 Å². The van der Waals surface area contributed by atoms with Crippen molar-refractivity contribution in [1.29, 1.82) is 0 Å². The van der Waals surface area contributed by atoms with Crippen LogP contribution in [0.4, 0.5) is 0 Å². The largest absolute Gasteiger partial charge is 0.369 e. The van der Waals surface area contributed by atoms with Crippen LogP contribution in [0.3, 0.4) is 0 Å². The van der Waals surface area contributed by atoms with E-state index in [1.165, 1.54) is 31.5 Å². The topological polar surface area (TPSA) is 88.6 Å². The molecule has 0 aliphatic heterocycles. The molecule has 1 aromatic rings. The van der Waals surface area contributed by atoms with Gasteiger partial charge in [-0.15, -0.1) is 0 Å². The summed E-state index contributed by atoms with van der Waals surface area (Å²) in [5.41, 5.74) is 5.68. The number of hydrogen-bond donors (Lipinski definition) is 1. The van der Waals surface area contributed by atoms with Crippen molar-refractivity contribution in [2.75, 3.05) is 13.5 Å². The lowest BCUT2D eigenvalue weighted by molar-refractivity contribution is -0.117. The van der Waals surface area contributed by atoms with E-state index >= 15 is 0 Å². The Labute approximate surface area is 103 Å². The molecule has 0 aromatic carbocycles. The zero-order chi connectivity index (χ0) is 15.3. The minimum atomic E-state index is -2.66. The second kappa shape index (κ2) is 5.74. The van der Waals surface area contributed by atoms with Gasteiger partial charge in [-0.05, 0) is 19.1 Å². The Morgan fingerprint density at radius 3 is 2.94 bits per heavy atom. The van der Waals surface area contributed by atoms with Gasteiger partial charge in [0, 0.05) is 23.5 Å². The third kappa shape index (κ3) is 4.02. The van der Waals surface area contributed by atoms with Gasteiger partial charge in [-0.1, -0.05) is 0 Å². The van der Waals surface area contributed by atoms with Gasteiger partial charge in [0.2, 0.25) is 0 Å². The second-order valence-electron chi connectivity index (χ2n) is 3.31. The average Bonchev–Trinajstić information content (AvgIpc) is 2.35. The van der Waals surface area contributed by atoms with Crippen molar-refractivity contribution in [3.8, 4) is 0 Å². The first kappa shape index (κ1) is 8.86. The Morgan fingerprint density at radius 1 is 1.65 bits per heavy atom. The number of aliphatic imine (C=N–C) groups is 1. The number of carbonyl (C=O) groups excluding carboxylic acids is 2. The van der Waals surface area contributed by atoms with Crippen LogP contribution >= 0.6 is 0 Å². The lowest BCUT2D eigenvalue weighted by Gasteiger charge is -2.15. The third-order valence-electron chi connectivity index (χ3n) is 1.78. The zero-order valence-corrected chi connectivity index (χ0v) is 9.25. The van der Waals surface area contributed by atoms with Crippen LogP contribution in [0.15, 0.2) is 29.5 Å². The van der Waals surface area contributed by atoms with Gasteiger partial charge in [-0.3, -0.25) is 14.6 Å². The molecular formula is C11H14N4O2. The van der Waals surface area contributed by atoms with Crippen molar-refractivity contribution in [3.05, 3.63) is 30.1 Å². The fourth-order valence-corrected chi connectivity index (χ4v) is 1.02. The van der Waals surface area contributed by atoms with Crippen molar-refractivity contribution in [3.63, 3.8) is 0 Å². The summed E-state index contributed by atoms with van der Waals surface area (Å²) in [6, 6.07) is 3.01. The van der Waals surface area contributed by atoms with Gasteiger partial charge in [0.15, 0.2) is 5.96 Å². The van der Waals surface area contributed by atoms with Crippen LogP contribution in [0.2, 0.25) is 0 Å². The number of nitrogens with zero attached hydrogens (tertiary/aromatic N) is 3. The highest BCUT2D eigenvalue weighted by molar-refractivity contribution is 6.02. The molecule has 0 unspecified atom stereocenters. The number of pyridine rings is 1. The third-order valence-corrected chi connectivity index (χ3v) is 1.78. The first-order valence-corrected chi connectivity index (χ1v) is 4.77. The summed E-state index contributed by atoms with van der Waals surface area (Å²) in [4.78, 5) is 30.7. The summed E-state index contributed by atoms with van der Waals surface area (Å²) in [7, 11) is 0. The van der Waals surface area contributed by atoms with Gasteiger partial charge in [0.25, 0.3) is 5.91 Å².